The fraction of sp³-hybridized carbons (Fsp3) is 0.211. The van der Waals surface area contributed by atoms with Gasteiger partial charge in [0.2, 0.25) is 5.91 Å². The number of benzene rings is 2. The largest absolute Gasteiger partial charge is 0.345 e. The van der Waals surface area contributed by atoms with Crippen LogP contribution in [0.3, 0.4) is 0 Å². The van der Waals surface area contributed by atoms with Gasteiger partial charge in [0.15, 0.2) is 0 Å². The number of nitrogens with zero attached hydrogens (tertiary/aromatic N) is 2. The number of likely N-dealkylation sites (tertiary alicyclic amines) is 1. The van der Waals surface area contributed by atoms with E-state index in [1.807, 2.05) is 35.2 Å². The average molecular weight is 334 g/mol. The molecule has 126 valence electrons. The van der Waals surface area contributed by atoms with Gasteiger partial charge in [-0.2, -0.15) is 0 Å². The van der Waals surface area contributed by atoms with E-state index in [-0.39, 0.29) is 11.8 Å². The zero-order valence-corrected chi connectivity index (χ0v) is 13.7. The number of fused-ring (bicyclic) bond motifs is 1. The van der Waals surface area contributed by atoms with Crippen molar-refractivity contribution in [1.82, 2.24) is 14.9 Å². The van der Waals surface area contributed by atoms with Gasteiger partial charge >= 0.3 is 0 Å². The minimum Gasteiger partial charge on any atom is -0.345 e. The van der Waals surface area contributed by atoms with Crippen molar-refractivity contribution in [3.8, 4) is 0 Å². The zero-order chi connectivity index (χ0) is 17.2. The second-order valence-corrected chi connectivity index (χ2v) is 6.21. The highest BCUT2D eigenvalue weighted by atomic mass is 16.2. The molecule has 0 saturated carbocycles. The molecular weight excluding hydrogens is 316 g/mol. The first-order valence-corrected chi connectivity index (χ1v) is 8.30. The van der Waals surface area contributed by atoms with Gasteiger partial charge in [-0.15, -0.1) is 0 Å². The summed E-state index contributed by atoms with van der Waals surface area (Å²) in [5.41, 5.74) is 3.95. The monoisotopic (exact) mass is 334 g/mol. The Hall–Kier alpha value is -3.15. The van der Waals surface area contributed by atoms with E-state index in [1.54, 1.807) is 18.5 Å². The van der Waals surface area contributed by atoms with Crippen LogP contribution in [0.15, 0.2) is 48.8 Å². The molecule has 2 heterocycles. The van der Waals surface area contributed by atoms with Crippen molar-refractivity contribution in [2.45, 2.75) is 19.4 Å². The summed E-state index contributed by atoms with van der Waals surface area (Å²) in [7, 11) is 0. The van der Waals surface area contributed by atoms with Crippen molar-refractivity contribution in [3.05, 3.63) is 59.9 Å². The maximum Gasteiger partial charge on any atom is 0.255 e. The summed E-state index contributed by atoms with van der Waals surface area (Å²) in [4.78, 5) is 33.2. The minimum absolute atomic E-state index is 0.175. The van der Waals surface area contributed by atoms with Crippen molar-refractivity contribution < 1.29 is 9.59 Å². The van der Waals surface area contributed by atoms with Gasteiger partial charge in [0, 0.05) is 30.8 Å². The molecule has 0 radical (unpaired) electrons. The molecule has 2 amide bonds. The first-order chi connectivity index (χ1) is 12.2. The highest BCUT2D eigenvalue weighted by Gasteiger charge is 2.20. The van der Waals surface area contributed by atoms with Gasteiger partial charge in [0.05, 0.1) is 17.4 Å². The lowest BCUT2D eigenvalue weighted by atomic mass is 10.1. The maximum absolute atomic E-state index is 12.5. The predicted molar refractivity (Wildman–Crippen MR) is 95.1 cm³/mol. The summed E-state index contributed by atoms with van der Waals surface area (Å²) in [6.45, 7) is 1.39. The first-order valence-electron chi connectivity index (χ1n) is 8.30. The summed E-state index contributed by atoms with van der Waals surface area (Å²) < 4.78 is 0. The highest BCUT2D eigenvalue weighted by molar-refractivity contribution is 6.05. The van der Waals surface area contributed by atoms with Gasteiger partial charge in [0.1, 0.15) is 0 Å². The number of carbonyl (C=O) groups is 2. The zero-order valence-electron chi connectivity index (χ0n) is 13.7. The Kier molecular flexibility index (Phi) is 3.93. The van der Waals surface area contributed by atoms with Crippen LogP contribution >= 0.6 is 0 Å². The van der Waals surface area contributed by atoms with E-state index in [9.17, 15) is 9.59 Å². The molecule has 6 nitrogen and oxygen atoms in total. The maximum atomic E-state index is 12.5. The summed E-state index contributed by atoms with van der Waals surface area (Å²) in [5.74, 6) is 0.0215. The third-order valence-corrected chi connectivity index (χ3v) is 4.41. The lowest BCUT2D eigenvalue weighted by Crippen LogP contribution is -2.23. The second kappa shape index (κ2) is 6.39. The molecule has 2 N–H and O–H groups in total. The van der Waals surface area contributed by atoms with Crippen LogP contribution < -0.4 is 5.32 Å². The predicted octanol–water partition coefficient (Wildman–Crippen LogP) is 2.94. The van der Waals surface area contributed by atoms with Crippen molar-refractivity contribution in [2.75, 3.05) is 11.9 Å². The van der Waals surface area contributed by atoms with Gasteiger partial charge < -0.3 is 15.2 Å². The molecule has 0 bridgehead atoms. The summed E-state index contributed by atoms with van der Waals surface area (Å²) in [6, 6.07) is 13.0. The normalized spacial score (nSPS) is 14.2. The van der Waals surface area contributed by atoms with E-state index >= 15 is 0 Å². The number of aromatic nitrogens is 2. The minimum atomic E-state index is -0.175. The molecule has 0 atom stereocenters. The lowest BCUT2D eigenvalue weighted by molar-refractivity contribution is -0.128. The first kappa shape index (κ1) is 15.4. The number of nitrogens with one attached hydrogen (secondary N) is 2. The van der Waals surface area contributed by atoms with Crippen molar-refractivity contribution >= 4 is 28.5 Å². The van der Waals surface area contributed by atoms with Crippen LogP contribution in [0.2, 0.25) is 0 Å². The van der Waals surface area contributed by atoms with Crippen LogP contribution in [0, 0.1) is 0 Å². The van der Waals surface area contributed by atoms with Gasteiger partial charge in [-0.25, -0.2) is 4.98 Å². The number of anilines is 1. The topological polar surface area (TPSA) is 78.1 Å². The van der Waals surface area contributed by atoms with Gasteiger partial charge in [0.25, 0.3) is 5.91 Å². The number of hydrogen-bond acceptors (Lipinski definition) is 3. The smallest absolute Gasteiger partial charge is 0.255 e. The molecule has 2 aromatic carbocycles. The van der Waals surface area contributed by atoms with Gasteiger partial charge in [-0.3, -0.25) is 9.59 Å². The molecule has 0 unspecified atom stereocenters. The van der Waals surface area contributed by atoms with E-state index in [1.165, 1.54) is 0 Å². The van der Waals surface area contributed by atoms with Gasteiger partial charge in [-0.05, 0) is 42.3 Å². The third-order valence-electron chi connectivity index (χ3n) is 4.41. The van der Waals surface area contributed by atoms with Crippen LogP contribution in [0.4, 0.5) is 5.69 Å². The number of imidazole rings is 1. The van der Waals surface area contributed by atoms with Crippen LogP contribution in [0.1, 0.15) is 28.8 Å². The number of H-pyrrole nitrogens is 1. The Morgan fingerprint density at radius 1 is 1.24 bits per heavy atom. The van der Waals surface area contributed by atoms with Crippen molar-refractivity contribution in [3.63, 3.8) is 0 Å². The number of rotatable bonds is 4. The second-order valence-electron chi connectivity index (χ2n) is 6.21. The molecule has 4 rings (SSSR count). The Bertz CT molecular complexity index is 947. The van der Waals surface area contributed by atoms with E-state index in [0.29, 0.717) is 18.5 Å². The molecular formula is C19H18N4O2. The molecule has 0 aliphatic carbocycles. The molecule has 1 aliphatic rings. The molecule has 1 saturated heterocycles. The lowest BCUT2D eigenvalue weighted by Gasteiger charge is -2.16. The summed E-state index contributed by atoms with van der Waals surface area (Å²) in [6.07, 6.45) is 3.16. The van der Waals surface area contributed by atoms with E-state index in [4.69, 9.17) is 0 Å². The van der Waals surface area contributed by atoms with Crippen molar-refractivity contribution in [2.24, 2.45) is 0 Å². The van der Waals surface area contributed by atoms with Crippen LogP contribution in [-0.2, 0) is 11.3 Å². The number of amides is 2. The highest BCUT2D eigenvalue weighted by Crippen LogP contribution is 2.18. The molecule has 1 aromatic heterocycles. The number of aromatic amines is 1. The number of hydrogen-bond donors (Lipinski definition) is 2. The summed E-state index contributed by atoms with van der Waals surface area (Å²) in [5, 5.41) is 2.91. The molecule has 0 spiro atoms. The molecule has 3 aromatic rings. The van der Waals surface area contributed by atoms with Crippen molar-refractivity contribution in [1.29, 1.82) is 0 Å². The third kappa shape index (κ3) is 3.24. The average Bonchev–Trinajstić information content (AvgIpc) is 3.23. The standard InChI is InChI=1S/C19H18N4O2/c24-18-5-2-8-23(18)11-13-3-1-4-15(9-13)22-19(25)14-6-7-16-17(10-14)21-12-20-16/h1,3-4,6-7,9-10,12H,2,5,8,11H2,(H,20,21)(H,22,25). The Labute approximate surface area is 144 Å². The fourth-order valence-corrected chi connectivity index (χ4v) is 3.12. The Morgan fingerprint density at radius 3 is 3.00 bits per heavy atom. The van der Waals surface area contributed by atoms with Crippen LogP contribution in [-0.4, -0.2) is 33.2 Å². The Morgan fingerprint density at radius 2 is 2.16 bits per heavy atom. The van der Waals surface area contributed by atoms with Gasteiger partial charge in [-0.1, -0.05) is 12.1 Å². The molecule has 1 fully saturated rings. The Balaban J connectivity index is 1.49. The van der Waals surface area contributed by atoms with Crippen LogP contribution in [0.25, 0.3) is 11.0 Å². The summed E-state index contributed by atoms with van der Waals surface area (Å²) >= 11 is 0. The van der Waals surface area contributed by atoms with Crippen LogP contribution in [0.5, 0.6) is 0 Å². The fourth-order valence-electron chi connectivity index (χ4n) is 3.12. The van der Waals surface area contributed by atoms with E-state index < -0.39 is 0 Å². The van der Waals surface area contributed by atoms with E-state index in [0.717, 1.165) is 35.2 Å². The molecule has 6 heteroatoms. The quantitative estimate of drug-likeness (QED) is 0.770. The number of carbonyl (C=O) groups excluding carboxylic acids is 2. The molecule has 1 aliphatic heterocycles. The SMILES string of the molecule is O=C(Nc1cccc(CN2CCCC2=O)c1)c1ccc2nc[nH]c2c1. The van der Waals surface area contributed by atoms with E-state index in [2.05, 4.69) is 15.3 Å². The molecule has 25 heavy (non-hydrogen) atoms.